The summed E-state index contributed by atoms with van der Waals surface area (Å²) in [5, 5.41) is 12.3. The molecule has 0 aliphatic carbocycles. The van der Waals surface area contributed by atoms with Gasteiger partial charge in [0.15, 0.2) is 11.0 Å². The molecule has 0 spiro atoms. The van der Waals surface area contributed by atoms with Gasteiger partial charge in [-0.1, -0.05) is 41.6 Å². The number of ether oxygens (including phenoxy) is 1. The van der Waals surface area contributed by atoms with E-state index in [0.29, 0.717) is 27.4 Å². The van der Waals surface area contributed by atoms with Crippen LogP contribution in [0.2, 0.25) is 5.02 Å². The van der Waals surface area contributed by atoms with Crippen LogP contribution in [-0.2, 0) is 25.5 Å². The summed E-state index contributed by atoms with van der Waals surface area (Å²) in [6, 6.07) is 14.7. The number of halogens is 1. The van der Waals surface area contributed by atoms with Crippen LogP contribution in [0.15, 0.2) is 58.5 Å². The fourth-order valence-electron chi connectivity index (χ4n) is 3.53. The number of aryl methyl sites for hydroxylation is 1. The van der Waals surface area contributed by atoms with Gasteiger partial charge in [0, 0.05) is 19.1 Å². The summed E-state index contributed by atoms with van der Waals surface area (Å²) in [5.41, 5.74) is 2.28. The number of carbonyl (C=O) groups excluding carboxylic acids is 1. The molecule has 1 N–H and O–H groups in total. The van der Waals surface area contributed by atoms with E-state index in [9.17, 15) is 9.59 Å². The Bertz CT molecular complexity index is 1430. The minimum Gasteiger partial charge on any atom is -0.485 e. The van der Waals surface area contributed by atoms with E-state index < -0.39 is 0 Å². The summed E-state index contributed by atoms with van der Waals surface area (Å²) in [6.45, 7) is 3.93. The van der Waals surface area contributed by atoms with Crippen molar-refractivity contribution in [3.05, 3.63) is 81.0 Å². The predicted octanol–water partition coefficient (Wildman–Crippen LogP) is 3.88. The fraction of sp³-hybridized carbons (Fsp3) is 0.250. The Hall–Kier alpha value is -3.50. The first-order valence-electron chi connectivity index (χ1n) is 10.8. The molecule has 11 heteroatoms. The maximum absolute atomic E-state index is 13.0. The van der Waals surface area contributed by atoms with Gasteiger partial charge in [0.05, 0.1) is 17.1 Å². The van der Waals surface area contributed by atoms with E-state index in [1.54, 1.807) is 29.3 Å². The molecule has 0 radical (unpaired) electrons. The average molecular weight is 513 g/mol. The highest BCUT2D eigenvalue weighted by molar-refractivity contribution is 7.99. The Morgan fingerprint density at radius 3 is 2.57 bits per heavy atom. The number of aromatic nitrogens is 5. The van der Waals surface area contributed by atoms with Gasteiger partial charge in [-0.3, -0.25) is 14.3 Å². The highest BCUT2D eigenvalue weighted by atomic mass is 35.5. The van der Waals surface area contributed by atoms with Crippen molar-refractivity contribution in [2.45, 2.75) is 25.6 Å². The lowest BCUT2D eigenvalue weighted by Crippen LogP contribution is -2.23. The van der Waals surface area contributed by atoms with Crippen LogP contribution in [0.1, 0.15) is 17.1 Å². The Balaban J connectivity index is 1.39. The summed E-state index contributed by atoms with van der Waals surface area (Å²) in [4.78, 5) is 25.6. The van der Waals surface area contributed by atoms with E-state index in [1.807, 2.05) is 56.4 Å². The van der Waals surface area contributed by atoms with Crippen LogP contribution in [0, 0.1) is 13.8 Å². The van der Waals surface area contributed by atoms with E-state index in [0.717, 1.165) is 11.3 Å². The topological polar surface area (TPSA) is 96.0 Å². The lowest BCUT2D eigenvalue weighted by Gasteiger charge is -2.09. The molecule has 0 saturated heterocycles. The molecule has 2 aromatic carbocycles. The summed E-state index contributed by atoms with van der Waals surface area (Å²) in [7, 11) is 3.59. The second kappa shape index (κ2) is 10.4. The fourth-order valence-corrected chi connectivity index (χ4v) is 4.49. The lowest BCUT2D eigenvalue weighted by atomic mass is 10.2. The molecule has 0 aliphatic heterocycles. The first-order chi connectivity index (χ1) is 16.8. The second-order valence-corrected chi connectivity index (χ2v) is 9.31. The summed E-state index contributed by atoms with van der Waals surface area (Å²) in [6.07, 6.45) is 0. The monoisotopic (exact) mass is 512 g/mol. The van der Waals surface area contributed by atoms with Crippen molar-refractivity contribution in [3.8, 4) is 11.4 Å². The molecule has 0 fully saturated rings. The summed E-state index contributed by atoms with van der Waals surface area (Å²) < 4.78 is 10.9. The van der Waals surface area contributed by atoms with Crippen molar-refractivity contribution in [3.63, 3.8) is 0 Å². The third-order valence-electron chi connectivity index (χ3n) is 5.57. The molecule has 2 heterocycles. The summed E-state index contributed by atoms with van der Waals surface area (Å²) in [5.74, 6) is 1.10. The first-order valence-corrected chi connectivity index (χ1v) is 12.2. The van der Waals surface area contributed by atoms with E-state index in [1.165, 1.54) is 16.4 Å². The van der Waals surface area contributed by atoms with Crippen molar-refractivity contribution >= 4 is 35.0 Å². The van der Waals surface area contributed by atoms with Gasteiger partial charge in [0.25, 0.3) is 5.56 Å². The van der Waals surface area contributed by atoms with Gasteiger partial charge in [-0.25, -0.2) is 4.68 Å². The van der Waals surface area contributed by atoms with Crippen LogP contribution in [0.3, 0.4) is 0 Å². The van der Waals surface area contributed by atoms with E-state index in [2.05, 4.69) is 15.5 Å². The van der Waals surface area contributed by atoms with Gasteiger partial charge in [0.1, 0.15) is 18.0 Å². The van der Waals surface area contributed by atoms with Crippen molar-refractivity contribution < 1.29 is 9.53 Å². The number of hydrogen-bond donors (Lipinski definition) is 1. The number of anilines is 1. The number of benzene rings is 2. The molecule has 182 valence electrons. The molecule has 0 bridgehead atoms. The highest BCUT2D eigenvalue weighted by Gasteiger charge is 2.19. The zero-order valence-electron chi connectivity index (χ0n) is 19.8. The zero-order chi connectivity index (χ0) is 25.1. The number of rotatable bonds is 8. The van der Waals surface area contributed by atoms with Gasteiger partial charge >= 0.3 is 0 Å². The van der Waals surface area contributed by atoms with Gasteiger partial charge < -0.3 is 14.6 Å². The molecule has 35 heavy (non-hydrogen) atoms. The maximum Gasteiger partial charge on any atom is 0.295 e. The smallest absolute Gasteiger partial charge is 0.295 e. The van der Waals surface area contributed by atoms with Crippen molar-refractivity contribution in [1.82, 2.24) is 24.1 Å². The number of hydrogen-bond acceptors (Lipinski definition) is 6. The number of nitrogens with one attached hydrogen (secondary N) is 1. The minimum atomic E-state index is -0.307. The van der Waals surface area contributed by atoms with Gasteiger partial charge in [-0.15, -0.1) is 10.2 Å². The summed E-state index contributed by atoms with van der Waals surface area (Å²) >= 11 is 7.22. The third kappa shape index (κ3) is 5.28. The number of thioether (sulfide) groups is 1. The molecule has 1 amide bonds. The Morgan fingerprint density at radius 2 is 1.86 bits per heavy atom. The third-order valence-corrected chi connectivity index (χ3v) is 6.83. The first kappa shape index (κ1) is 24.6. The van der Waals surface area contributed by atoms with Crippen molar-refractivity contribution in [1.29, 1.82) is 0 Å². The largest absolute Gasteiger partial charge is 0.485 e. The molecule has 4 aromatic rings. The number of para-hydroxylation sites is 1. The Morgan fingerprint density at radius 1 is 1.11 bits per heavy atom. The van der Waals surface area contributed by atoms with E-state index in [-0.39, 0.29) is 29.5 Å². The average Bonchev–Trinajstić information content (AvgIpc) is 3.29. The molecule has 0 saturated carbocycles. The van der Waals surface area contributed by atoms with Crippen molar-refractivity contribution in [2.24, 2.45) is 14.1 Å². The molecule has 0 unspecified atom stereocenters. The predicted molar refractivity (Wildman–Crippen MR) is 137 cm³/mol. The van der Waals surface area contributed by atoms with E-state index >= 15 is 0 Å². The standard InChI is InChI=1S/C24H25ClN6O3S/c1-15-12-17(25)10-11-19(15)34-13-20-27-28-24(29(20)3)35-14-21(32)26-22-16(2)30(4)31(23(22)33)18-8-6-5-7-9-18/h5-12H,13-14H2,1-4H3,(H,26,32). The van der Waals surface area contributed by atoms with Crippen LogP contribution in [-0.4, -0.2) is 35.8 Å². The zero-order valence-corrected chi connectivity index (χ0v) is 21.4. The molecule has 0 aliphatic rings. The van der Waals surface area contributed by atoms with E-state index in [4.69, 9.17) is 16.3 Å². The van der Waals surface area contributed by atoms with Gasteiger partial charge in [0.2, 0.25) is 5.91 Å². The maximum atomic E-state index is 13.0. The molecule has 2 aromatic heterocycles. The molecule has 0 atom stereocenters. The highest BCUT2D eigenvalue weighted by Crippen LogP contribution is 2.23. The van der Waals surface area contributed by atoms with Crippen LogP contribution in [0.5, 0.6) is 5.75 Å². The minimum absolute atomic E-state index is 0.0717. The van der Waals surface area contributed by atoms with Crippen LogP contribution in [0.25, 0.3) is 5.69 Å². The number of amides is 1. The normalized spacial score (nSPS) is 11.0. The van der Waals surface area contributed by atoms with Crippen LogP contribution < -0.4 is 15.6 Å². The molecule has 9 nitrogen and oxygen atoms in total. The lowest BCUT2D eigenvalue weighted by molar-refractivity contribution is -0.113. The SMILES string of the molecule is Cc1cc(Cl)ccc1OCc1nnc(SCC(=O)Nc2c(C)n(C)n(-c3ccccc3)c2=O)n1C. The Kier molecular flexibility index (Phi) is 7.32. The molecule has 4 rings (SSSR count). The van der Waals surface area contributed by atoms with Crippen LogP contribution >= 0.6 is 23.4 Å². The van der Waals surface area contributed by atoms with Crippen molar-refractivity contribution in [2.75, 3.05) is 11.1 Å². The van der Waals surface area contributed by atoms with Gasteiger partial charge in [-0.05, 0) is 49.7 Å². The number of nitrogens with zero attached hydrogens (tertiary/aromatic N) is 5. The quantitative estimate of drug-likeness (QED) is 0.360. The number of carbonyl (C=O) groups is 1. The Labute approximate surface area is 211 Å². The van der Waals surface area contributed by atoms with Gasteiger partial charge in [-0.2, -0.15) is 0 Å². The second-order valence-electron chi connectivity index (χ2n) is 7.93. The molecular formula is C24H25ClN6O3S. The van der Waals surface area contributed by atoms with Crippen LogP contribution in [0.4, 0.5) is 5.69 Å². The molecular weight excluding hydrogens is 488 g/mol.